The molecule has 3 aromatic rings. The highest BCUT2D eigenvalue weighted by atomic mass is 32.2. The summed E-state index contributed by atoms with van der Waals surface area (Å²) in [5.41, 5.74) is 0.814. The van der Waals surface area contributed by atoms with Crippen LogP contribution in [0.5, 0.6) is 0 Å². The quantitative estimate of drug-likeness (QED) is 0.550. The Labute approximate surface area is 193 Å². The second-order valence-electron chi connectivity index (χ2n) is 8.14. The minimum absolute atomic E-state index is 0.0476. The molecule has 1 saturated heterocycles. The van der Waals surface area contributed by atoms with Crippen LogP contribution in [0, 0.1) is 0 Å². The average Bonchev–Trinajstić information content (AvgIpc) is 2.83. The summed E-state index contributed by atoms with van der Waals surface area (Å²) >= 11 is 0. The maximum Gasteiger partial charge on any atom is 0.338 e. The Bertz CT molecular complexity index is 1270. The van der Waals surface area contributed by atoms with Crippen LogP contribution in [0.3, 0.4) is 0 Å². The lowest BCUT2D eigenvalue weighted by molar-refractivity contribution is -0.119. The first kappa shape index (κ1) is 22.9. The highest BCUT2D eigenvalue weighted by Crippen LogP contribution is 2.25. The Hall–Kier alpha value is -3.23. The fourth-order valence-electron chi connectivity index (χ4n) is 4.06. The van der Waals surface area contributed by atoms with Crippen LogP contribution in [-0.4, -0.2) is 43.8 Å². The molecular formula is C25H26N2O5S. The number of nitrogens with zero attached hydrogens (tertiary/aromatic N) is 1. The van der Waals surface area contributed by atoms with Crippen molar-refractivity contribution >= 4 is 38.4 Å². The van der Waals surface area contributed by atoms with Crippen molar-refractivity contribution in [2.45, 2.75) is 37.1 Å². The van der Waals surface area contributed by atoms with E-state index in [4.69, 9.17) is 4.74 Å². The van der Waals surface area contributed by atoms with Crippen molar-refractivity contribution in [2.75, 3.05) is 18.5 Å². The number of carbonyl (C=O) groups is 2. The van der Waals surface area contributed by atoms with Gasteiger partial charge in [-0.1, -0.05) is 42.8 Å². The van der Waals surface area contributed by atoms with Gasteiger partial charge in [0.15, 0.2) is 6.61 Å². The van der Waals surface area contributed by atoms with E-state index in [1.165, 1.54) is 28.6 Å². The normalized spacial score (nSPS) is 16.9. The van der Waals surface area contributed by atoms with E-state index in [0.29, 0.717) is 12.2 Å². The molecule has 1 heterocycles. The molecule has 0 radical (unpaired) electrons. The number of piperidine rings is 1. The number of hydrogen-bond acceptors (Lipinski definition) is 5. The number of fused-ring (bicyclic) bond motifs is 1. The molecule has 1 unspecified atom stereocenters. The molecule has 0 aromatic heterocycles. The molecule has 4 rings (SSSR count). The molecule has 0 saturated carbocycles. The molecule has 1 fully saturated rings. The van der Waals surface area contributed by atoms with Gasteiger partial charge in [0, 0.05) is 23.7 Å². The zero-order chi connectivity index (χ0) is 23.4. The lowest BCUT2D eigenvalue weighted by atomic mass is 10.1. The van der Waals surface area contributed by atoms with E-state index in [-0.39, 0.29) is 16.5 Å². The highest BCUT2D eigenvalue weighted by molar-refractivity contribution is 7.89. The van der Waals surface area contributed by atoms with Gasteiger partial charge in [-0.05, 0) is 55.5 Å². The molecule has 8 heteroatoms. The second kappa shape index (κ2) is 9.72. The molecule has 0 spiro atoms. The number of hydrogen-bond donors (Lipinski definition) is 1. The summed E-state index contributed by atoms with van der Waals surface area (Å²) in [4.78, 5) is 24.8. The van der Waals surface area contributed by atoms with E-state index >= 15 is 0 Å². The lowest BCUT2D eigenvalue weighted by Gasteiger charge is -2.32. The van der Waals surface area contributed by atoms with Gasteiger partial charge >= 0.3 is 5.97 Å². The first-order chi connectivity index (χ1) is 15.9. The topological polar surface area (TPSA) is 92.8 Å². The lowest BCUT2D eigenvalue weighted by Crippen LogP contribution is -2.41. The van der Waals surface area contributed by atoms with Gasteiger partial charge in [-0.2, -0.15) is 4.31 Å². The standard InChI is InChI=1S/C25H26N2O5S/c1-18-7-4-5-16-27(18)33(30,31)21-14-12-20(13-15-21)25(29)32-17-24(28)26-23-11-6-9-19-8-2-3-10-22(19)23/h2-3,6,8-15,18H,4-5,7,16-17H2,1H3,(H,26,28). The minimum Gasteiger partial charge on any atom is -0.452 e. The van der Waals surface area contributed by atoms with Crippen LogP contribution in [0.2, 0.25) is 0 Å². The number of amides is 1. The van der Waals surface area contributed by atoms with Crippen molar-refractivity contribution in [2.24, 2.45) is 0 Å². The first-order valence-electron chi connectivity index (χ1n) is 10.9. The fourth-order valence-corrected chi connectivity index (χ4v) is 5.76. The van der Waals surface area contributed by atoms with Crippen LogP contribution in [0.15, 0.2) is 71.6 Å². The Morgan fingerprint density at radius 2 is 1.73 bits per heavy atom. The number of esters is 1. The summed E-state index contributed by atoms with van der Waals surface area (Å²) < 4.78 is 32.5. The van der Waals surface area contributed by atoms with Crippen LogP contribution in [0.25, 0.3) is 10.8 Å². The number of benzene rings is 3. The molecule has 3 aromatic carbocycles. The van der Waals surface area contributed by atoms with Crippen molar-refractivity contribution in [3.8, 4) is 0 Å². The van der Waals surface area contributed by atoms with Gasteiger partial charge in [0.1, 0.15) is 0 Å². The van der Waals surface area contributed by atoms with Gasteiger partial charge in [0.05, 0.1) is 10.5 Å². The van der Waals surface area contributed by atoms with Gasteiger partial charge < -0.3 is 10.1 Å². The molecule has 1 aliphatic rings. The van der Waals surface area contributed by atoms with E-state index in [0.717, 1.165) is 30.0 Å². The third-order valence-electron chi connectivity index (χ3n) is 5.84. The van der Waals surface area contributed by atoms with Gasteiger partial charge in [0.2, 0.25) is 10.0 Å². The molecule has 0 bridgehead atoms. The number of rotatable bonds is 6. The summed E-state index contributed by atoms with van der Waals surface area (Å²) in [5.74, 6) is -1.16. The zero-order valence-corrected chi connectivity index (χ0v) is 19.2. The molecule has 0 aliphatic carbocycles. The number of anilines is 1. The van der Waals surface area contributed by atoms with Crippen molar-refractivity contribution in [3.05, 3.63) is 72.3 Å². The average molecular weight is 467 g/mol. The van der Waals surface area contributed by atoms with Gasteiger partial charge in [-0.15, -0.1) is 0 Å². The summed E-state index contributed by atoms with van der Waals surface area (Å²) in [7, 11) is -3.61. The Balaban J connectivity index is 1.37. The predicted octanol–water partition coefficient (Wildman–Crippen LogP) is 4.20. The van der Waals surface area contributed by atoms with E-state index in [9.17, 15) is 18.0 Å². The maximum atomic E-state index is 12.9. The second-order valence-corrected chi connectivity index (χ2v) is 10.0. The molecule has 1 amide bonds. The SMILES string of the molecule is CC1CCCCN1S(=O)(=O)c1ccc(C(=O)OCC(=O)Nc2cccc3ccccc23)cc1. The number of sulfonamides is 1. The summed E-state index contributed by atoms with van der Waals surface area (Å²) in [6.07, 6.45) is 2.70. The Morgan fingerprint density at radius 1 is 1.00 bits per heavy atom. The van der Waals surface area contributed by atoms with Crippen molar-refractivity contribution < 1.29 is 22.7 Å². The summed E-state index contributed by atoms with van der Waals surface area (Å²) in [6, 6.07) is 18.8. The number of ether oxygens (including phenoxy) is 1. The van der Waals surface area contributed by atoms with Crippen LogP contribution in [-0.2, 0) is 19.6 Å². The highest BCUT2D eigenvalue weighted by Gasteiger charge is 2.31. The van der Waals surface area contributed by atoms with Gasteiger partial charge in [0.25, 0.3) is 5.91 Å². The first-order valence-corrected chi connectivity index (χ1v) is 12.4. The third kappa shape index (κ3) is 5.07. The monoisotopic (exact) mass is 466 g/mol. The molecule has 1 atom stereocenters. The van der Waals surface area contributed by atoms with E-state index in [2.05, 4.69) is 5.32 Å². The van der Waals surface area contributed by atoms with Crippen LogP contribution in [0.4, 0.5) is 5.69 Å². The Morgan fingerprint density at radius 3 is 2.48 bits per heavy atom. The summed E-state index contributed by atoms with van der Waals surface area (Å²) in [5, 5.41) is 4.64. The van der Waals surface area contributed by atoms with Crippen molar-refractivity contribution in [1.29, 1.82) is 0 Å². The minimum atomic E-state index is -3.61. The molecule has 33 heavy (non-hydrogen) atoms. The van der Waals surface area contributed by atoms with Crippen molar-refractivity contribution in [3.63, 3.8) is 0 Å². The van der Waals surface area contributed by atoms with E-state index < -0.39 is 28.5 Å². The predicted molar refractivity (Wildman–Crippen MR) is 127 cm³/mol. The van der Waals surface area contributed by atoms with Crippen LogP contribution >= 0.6 is 0 Å². The van der Waals surface area contributed by atoms with Gasteiger partial charge in [-0.3, -0.25) is 4.79 Å². The zero-order valence-electron chi connectivity index (χ0n) is 18.4. The molecule has 172 valence electrons. The number of carbonyl (C=O) groups excluding carboxylic acids is 2. The molecule has 1 N–H and O–H groups in total. The summed E-state index contributed by atoms with van der Waals surface area (Å²) in [6.45, 7) is 1.96. The Kier molecular flexibility index (Phi) is 6.76. The largest absolute Gasteiger partial charge is 0.452 e. The smallest absolute Gasteiger partial charge is 0.338 e. The molecule has 1 aliphatic heterocycles. The van der Waals surface area contributed by atoms with E-state index in [1.807, 2.05) is 43.3 Å². The van der Waals surface area contributed by atoms with Crippen LogP contribution < -0.4 is 5.32 Å². The molecule has 7 nitrogen and oxygen atoms in total. The number of nitrogens with one attached hydrogen (secondary N) is 1. The molecular weight excluding hydrogens is 440 g/mol. The van der Waals surface area contributed by atoms with Crippen molar-refractivity contribution in [1.82, 2.24) is 4.31 Å². The maximum absolute atomic E-state index is 12.9. The fraction of sp³-hybridized carbons (Fsp3) is 0.280. The van der Waals surface area contributed by atoms with E-state index in [1.54, 1.807) is 6.07 Å². The van der Waals surface area contributed by atoms with Crippen LogP contribution in [0.1, 0.15) is 36.5 Å². The van der Waals surface area contributed by atoms with Gasteiger partial charge in [-0.25, -0.2) is 13.2 Å². The third-order valence-corrected chi connectivity index (χ3v) is 7.86.